The van der Waals surface area contributed by atoms with Crippen LogP contribution >= 0.6 is 0 Å². The van der Waals surface area contributed by atoms with E-state index in [9.17, 15) is 0 Å². The molecule has 0 aromatic heterocycles. The van der Waals surface area contributed by atoms with Crippen molar-refractivity contribution in [2.75, 3.05) is 4.90 Å². The lowest BCUT2D eigenvalue weighted by Crippen LogP contribution is -2.12. The molecule has 0 radical (unpaired) electrons. The van der Waals surface area contributed by atoms with Gasteiger partial charge in [-0.3, -0.25) is 0 Å². The first-order valence-corrected chi connectivity index (χ1v) is 21.2. The number of fused-ring (bicyclic) bond motifs is 7. The van der Waals surface area contributed by atoms with Crippen molar-refractivity contribution < 1.29 is 0 Å². The summed E-state index contributed by atoms with van der Waals surface area (Å²) in [5, 5.41) is 9.94. The number of rotatable bonds is 7. The zero-order chi connectivity index (χ0) is 40.9. The Hall–Kier alpha value is -7.74. The number of para-hydroxylation sites is 1. The smallest absolute Gasteiger partial charge is 0.0540 e. The Morgan fingerprint density at radius 1 is 0.295 bits per heavy atom. The minimum atomic E-state index is 1.11. The highest BCUT2D eigenvalue weighted by atomic mass is 15.1. The average Bonchev–Trinajstić information content (AvgIpc) is 3.31. The number of hydrogen-bond donors (Lipinski definition) is 0. The van der Waals surface area contributed by atoms with Gasteiger partial charge in [0.25, 0.3) is 0 Å². The molecule has 11 rings (SSSR count). The molecule has 1 heteroatoms. The first kappa shape index (κ1) is 36.3. The molecule has 0 spiro atoms. The van der Waals surface area contributed by atoms with E-state index < -0.39 is 0 Å². The van der Waals surface area contributed by atoms with Gasteiger partial charge in [0.15, 0.2) is 0 Å². The predicted molar refractivity (Wildman–Crippen MR) is 262 cm³/mol. The first-order chi connectivity index (χ1) is 30.1. The molecule has 0 aliphatic heterocycles. The highest BCUT2D eigenvalue weighted by molar-refractivity contribution is 6.33. The molecule has 0 amide bonds. The lowest BCUT2D eigenvalue weighted by Gasteiger charge is -2.29. The fourth-order valence-electron chi connectivity index (χ4n) is 9.74. The van der Waals surface area contributed by atoms with E-state index in [1.807, 2.05) is 0 Å². The standard InChI is InChI=1S/C60H43N/c1-40-35-41(2)37-47(36-40)61(57-32-17-16-29-51(57)49-31-18-26-42-23-12-13-27-48(42)49)46-33-34-53-56(38-46)50-28-14-15-30-52(50)59-55(44-21-8-4-9-22-44)39-54(43-19-6-3-7-20-43)58(60(53)59)45-24-10-5-11-25-45/h3-39H,1-2H3. The van der Waals surface area contributed by atoms with Crippen molar-refractivity contribution in [1.29, 1.82) is 0 Å². The van der Waals surface area contributed by atoms with E-state index in [0.717, 1.165) is 17.1 Å². The average molecular weight is 778 g/mol. The Labute approximate surface area is 357 Å². The number of nitrogens with zero attached hydrogens (tertiary/aromatic N) is 1. The Morgan fingerprint density at radius 2 is 0.836 bits per heavy atom. The van der Waals surface area contributed by atoms with Gasteiger partial charge in [0, 0.05) is 16.9 Å². The summed E-state index contributed by atoms with van der Waals surface area (Å²) < 4.78 is 0. The van der Waals surface area contributed by atoms with Crippen LogP contribution in [0.25, 0.3) is 87.6 Å². The summed E-state index contributed by atoms with van der Waals surface area (Å²) >= 11 is 0. The molecule has 0 bridgehead atoms. The van der Waals surface area contributed by atoms with Crippen LogP contribution in [-0.4, -0.2) is 0 Å². The maximum atomic E-state index is 2.48. The molecule has 11 aromatic carbocycles. The van der Waals surface area contributed by atoms with Gasteiger partial charge in [0.05, 0.1) is 5.69 Å². The van der Waals surface area contributed by atoms with Gasteiger partial charge in [-0.25, -0.2) is 0 Å². The highest BCUT2D eigenvalue weighted by Crippen LogP contribution is 2.51. The van der Waals surface area contributed by atoms with Crippen molar-refractivity contribution >= 4 is 60.2 Å². The number of hydrogen-bond acceptors (Lipinski definition) is 1. The number of anilines is 3. The van der Waals surface area contributed by atoms with Crippen molar-refractivity contribution in [3.8, 4) is 44.5 Å². The summed E-state index contributed by atoms with van der Waals surface area (Å²) in [6.07, 6.45) is 0. The molecule has 0 fully saturated rings. The molecule has 0 aliphatic carbocycles. The summed E-state index contributed by atoms with van der Waals surface area (Å²) in [7, 11) is 0. The quantitative estimate of drug-likeness (QED) is 0.146. The molecule has 1 nitrogen and oxygen atoms in total. The third-order valence-corrected chi connectivity index (χ3v) is 12.3. The molecule has 0 saturated heterocycles. The van der Waals surface area contributed by atoms with Crippen molar-refractivity contribution in [2.45, 2.75) is 13.8 Å². The molecule has 11 aromatic rings. The summed E-state index contributed by atoms with van der Waals surface area (Å²) in [4.78, 5) is 2.48. The fraction of sp³-hybridized carbons (Fsp3) is 0.0333. The van der Waals surface area contributed by atoms with Crippen LogP contribution in [0.1, 0.15) is 11.1 Å². The Balaban J connectivity index is 1.27. The van der Waals surface area contributed by atoms with Gasteiger partial charge in [-0.1, -0.05) is 188 Å². The van der Waals surface area contributed by atoms with Crippen molar-refractivity contribution in [3.63, 3.8) is 0 Å². The van der Waals surface area contributed by atoms with Crippen LogP contribution in [0, 0.1) is 13.8 Å². The molecule has 61 heavy (non-hydrogen) atoms. The second kappa shape index (κ2) is 15.1. The third-order valence-electron chi connectivity index (χ3n) is 12.3. The molecular weight excluding hydrogens is 735 g/mol. The van der Waals surface area contributed by atoms with E-state index in [0.29, 0.717) is 0 Å². The second-order valence-electron chi connectivity index (χ2n) is 16.2. The summed E-state index contributed by atoms with van der Waals surface area (Å²) in [5.74, 6) is 0. The van der Waals surface area contributed by atoms with Crippen LogP contribution in [0.3, 0.4) is 0 Å². The van der Waals surface area contributed by atoms with Crippen LogP contribution < -0.4 is 4.90 Å². The number of aryl methyl sites for hydroxylation is 2. The van der Waals surface area contributed by atoms with Gasteiger partial charge in [-0.15, -0.1) is 0 Å². The summed E-state index contributed by atoms with van der Waals surface area (Å²) in [6.45, 7) is 4.40. The Bertz CT molecular complexity index is 3400. The van der Waals surface area contributed by atoms with Crippen LogP contribution in [0.4, 0.5) is 17.1 Å². The fourth-order valence-corrected chi connectivity index (χ4v) is 9.74. The summed E-state index contributed by atoms with van der Waals surface area (Å²) in [5.41, 5.74) is 15.6. The zero-order valence-corrected chi connectivity index (χ0v) is 34.3. The van der Waals surface area contributed by atoms with Crippen molar-refractivity contribution in [1.82, 2.24) is 0 Å². The minimum Gasteiger partial charge on any atom is -0.310 e. The Morgan fingerprint density at radius 3 is 1.56 bits per heavy atom. The van der Waals surface area contributed by atoms with Crippen molar-refractivity contribution in [3.05, 3.63) is 236 Å². The molecule has 0 N–H and O–H groups in total. The van der Waals surface area contributed by atoms with Crippen LogP contribution in [-0.2, 0) is 0 Å². The van der Waals surface area contributed by atoms with Crippen LogP contribution in [0.2, 0.25) is 0 Å². The Kier molecular flexibility index (Phi) is 9.02. The third kappa shape index (κ3) is 6.34. The molecule has 0 saturated carbocycles. The first-order valence-electron chi connectivity index (χ1n) is 21.2. The van der Waals surface area contributed by atoms with E-state index >= 15 is 0 Å². The molecule has 0 heterocycles. The maximum absolute atomic E-state index is 2.48. The van der Waals surface area contributed by atoms with E-state index in [4.69, 9.17) is 0 Å². The molecule has 0 atom stereocenters. The van der Waals surface area contributed by atoms with Crippen LogP contribution in [0.5, 0.6) is 0 Å². The molecular formula is C60H43N. The van der Waals surface area contributed by atoms with Crippen LogP contribution in [0.15, 0.2) is 224 Å². The van der Waals surface area contributed by atoms with Gasteiger partial charge < -0.3 is 4.90 Å². The highest BCUT2D eigenvalue weighted by Gasteiger charge is 2.24. The van der Waals surface area contributed by atoms with E-state index in [1.165, 1.54) is 98.7 Å². The normalized spacial score (nSPS) is 11.4. The van der Waals surface area contributed by atoms with E-state index in [1.54, 1.807) is 0 Å². The lowest BCUT2D eigenvalue weighted by atomic mass is 9.81. The SMILES string of the molecule is Cc1cc(C)cc(N(c2ccc3c(c2)c2ccccc2c2c(-c4ccccc4)cc(-c4ccccc4)c(-c4ccccc4)c32)c2ccccc2-c2cccc3ccccc23)c1. The molecule has 0 aliphatic rings. The van der Waals surface area contributed by atoms with Gasteiger partial charge in [0.2, 0.25) is 0 Å². The maximum Gasteiger partial charge on any atom is 0.0540 e. The van der Waals surface area contributed by atoms with E-state index in [-0.39, 0.29) is 0 Å². The van der Waals surface area contributed by atoms with Gasteiger partial charge in [-0.05, 0) is 143 Å². The lowest BCUT2D eigenvalue weighted by molar-refractivity contribution is 1.26. The monoisotopic (exact) mass is 777 g/mol. The van der Waals surface area contributed by atoms with Gasteiger partial charge in [-0.2, -0.15) is 0 Å². The van der Waals surface area contributed by atoms with Crippen molar-refractivity contribution in [2.24, 2.45) is 0 Å². The largest absolute Gasteiger partial charge is 0.310 e. The molecule has 288 valence electrons. The zero-order valence-electron chi connectivity index (χ0n) is 34.3. The predicted octanol–water partition coefficient (Wildman–Crippen LogP) is 17.1. The minimum absolute atomic E-state index is 1.11. The van der Waals surface area contributed by atoms with Gasteiger partial charge >= 0.3 is 0 Å². The second-order valence-corrected chi connectivity index (χ2v) is 16.2. The van der Waals surface area contributed by atoms with E-state index in [2.05, 4.69) is 243 Å². The molecule has 0 unspecified atom stereocenters. The van der Waals surface area contributed by atoms with Gasteiger partial charge in [0.1, 0.15) is 0 Å². The summed E-state index contributed by atoms with van der Waals surface area (Å²) in [6, 6.07) is 82.6. The topological polar surface area (TPSA) is 3.24 Å². The number of benzene rings is 11.